The van der Waals surface area contributed by atoms with E-state index in [1.165, 1.54) is 4.90 Å². The molecule has 0 atom stereocenters. The van der Waals surface area contributed by atoms with Crippen molar-refractivity contribution in [2.75, 3.05) is 30.0 Å². The Morgan fingerprint density at radius 2 is 1.70 bits per heavy atom. The quantitative estimate of drug-likeness (QED) is 0.436. The van der Waals surface area contributed by atoms with E-state index in [1.54, 1.807) is 72.2 Å². The molecule has 3 heterocycles. The van der Waals surface area contributed by atoms with E-state index in [2.05, 4.69) is 26.3 Å². The Bertz CT molecular complexity index is 1120. The van der Waals surface area contributed by atoms with Gasteiger partial charge in [0.05, 0.1) is 17.2 Å². The zero-order valence-corrected chi connectivity index (χ0v) is 24.5. The molecule has 2 aromatic heterocycles. The first-order valence-electron chi connectivity index (χ1n) is 12.3. The van der Waals surface area contributed by atoms with Gasteiger partial charge >= 0.3 is 12.2 Å². The van der Waals surface area contributed by atoms with E-state index in [1.807, 2.05) is 0 Å². The summed E-state index contributed by atoms with van der Waals surface area (Å²) in [4.78, 5) is 32.1. The summed E-state index contributed by atoms with van der Waals surface area (Å²) in [6, 6.07) is 1.93. The molecule has 0 saturated carbocycles. The number of ether oxygens (including phenoxy) is 4. The molecule has 1 fully saturated rings. The molecule has 11 nitrogen and oxygen atoms in total. The molecule has 3 rings (SSSR count). The average molecular weight is 585 g/mol. The van der Waals surface area contributed by atoms with Crippen molar-refractivity contribution < 1.29 is 28.5 Å². The molecule has 0 spiro atoms. The Kier molecular flexibility index (Phi) is 8.63. The molecule has 37 heavy (non-hydrogen) atoms. The first kappa shape index (κ1) is 29.0. The molecule has 0 bridgehead atoms. The Balaban J connectivity index is 2.01. The number of hydrogen-bond acceptors (Lipinski definition) is 9. The normalized spacial score (nSPS) is 15.4. The average Bonchev–Trinajstić information content (AvgIpc) is 3.10. The van der Waals surface area contributed by atoms with Gasteiger partial charge in [-0.2, -0.15) is 9.61 Å². The Labute approximate surface area is 226 Å². The molecular weight excluding hydrogens is 546 g/mol. The van der Waals surface area contributed by atoms with E-state index < -0.39 is 29.1 Å². The Morgan fingerprint density at radius 3 is 2.30 bits per heavy atom. The van der Waals surface area contributed by atoms with E-state index in [9.17, 15) is 9.59 Å². The predicted octanol–water partition coefficient (Wildman–Crippen LogP) is 5.55. The zero-order valence-electron chi connectivity index (χ0n) is 22.9. The summed E-state index contributed by atoms with van der Waals surface area (Å²) in [6.07, 6.45) is 1.85. The van der Waals surface area contributed by atoms with Gasteiger partial charge < -0.3 is 24.3 Å². The molecule has 1 saturated heterocycles. The van der Waals surface area contributed by atoms with Gasteiger partial charge in [-0.1, -0.05) is 0 Å². The summed E-state index contributed by atoms with van der Waals surface area (Å²) in [6.45, 7) is 15.3. The van der Waals surface area contributed by atoms with Crippen molar-refractivity contribution in [1.82, 2.24) is 14.6 Å². The van der Waals surface area contributed by atoms with E-state index in [4.69, 9.17) is 23.9 Å². The van der Waals surface area contributed by atoms with Crippen LogP contribution in [0.5, 0.6) is 0 Å². The lowest BCUT2D eigenvalue weighted by molar-refractivity contribution is -0.0509. The fraction of sp³-hybridized carbons (Fsp3) is 0.680. The van der Waals surface area contributed by atoms with E-state index in [0.717, 1.165) is 12.8 Å². The van der Waals surface area contributed by atoms with Gasteiger partial charge in [0, 0.05) is 25.3 Å². The van der Waals surface area contributed by atoms with E-state index in [0.29, 0.717) is 35.0 Å². The van der Waals surface area contributed by atoms with Gasteiger partial charge in [0.25, 0.3) is 0 Å². The van der Waals surface area contributed by atoms with Gasteiger partial charge in [-0.15, -0.1) is 0 Å². The number of amides is 1. The largest absolute Gasteiger partial charge is 0.509 e. The first-order chi connectivity index (χ1) is 17.0. The molecule has 0 aromatic carbocycles. The second-order valence-electron chi connectivity index (χ2n) is 11.7. The van der Waals surface area contributed by atoms with Gasteiger partial charge in [0.2, 0.25) is 0 Å². The number of hydrogen-bond donors (Lipinski definition) is 1. The summed E-state index contributed by atoms with van der Waals surface area (Å²) in [7, 11) is 0. The topological polar surface area (TPSA) is 117 Å². The number of carbonyl (C=O) groups excluding carboxylic acids is 2. The van der Waals surface area contributed by atoms with Crippen LogP contribution in [-0.4, -0.2) is 69.5 Å². The van der Waals surface area contributed by atoms with Gasteiger partial charge in [-0.25, -0.2) is 14.6 Å². The highest BCUT2D eigenvalue weighted by Gasteiger charge is 2.35. The van der Waals surface area contributed by atoms with Crippen molar-refractivity contribution in [3.8, 4) is 0 Å². The molecule has 2 aromatic rings. The SMILES string of the molecule is CC(C)(C)OC(=O)OC(C)(C)CN(C(=O)OC(C)(C)C)c1cc(NC2CCOCC2)nc2c(Br)cnn12. The third-order valence-corrected chi connectivity index (χ3v) is 5.72. The molecule has 0 aliphatic carbocycles. The van der Waals surface area contributed by atoms with Crippen LogP contribution >= 0.6 is 15.9 Å². The van der Waals surface area contributed by atoms with Crippen LogP contribution in [0.1, 0.15) is 68.2 Å². The second-order valence-corrected chi connectivity index (χ2v) is 12.5. The monoisotopic (exact) mass is 583 g/mol. The number of nitrogens with zero attached hydrogens (tertiary/aromatic N) is 4. The van der Waals surface area contributed by atoms with Crippen LogP contribution in [0, 0.1) is 0 Å². The number of carbonyl (C=O) groups is 2. The van der Waals surface area contributed by atoms with Gasteiger partial charge in [0.1, 0.15) is 28.4 Å². The fourth-order valence-electron chi connectivity index (χ4n) is 3.70. The lowest BCUT2D eigenvalue weighted by Crippen LogP contribution is -2.48. The van der Waals surface area contributed by atoms with Crippen LogP contribution in [0.15, 0.2) is 16.7 Å². The number of fused-ring (bicyclic) bond motifs is 1. The maximum Gasteiger partial charge on any atom is 0.509 e. The van der Waals surface area contributed by atoms with Gasteiger partial charge in [-0.05, 0) is 84.2 Å². The minimum Gasteiger partial charge on any atom is -0.443 e. The standard InChI is InChI=1S/C25H38BrN5O6/c1-23(2,3)35-21(32)30(15-25(7,8)37-22(33)36-24(4,5)6)19-13-18(28-16-9-11-34-12-10-16)29-20-17(26)14-27-31(19)20/h13-14,16H,9-12,15H2,1-8H3,(H,28,29). The first-order valence-corrected chi connectivity index (χ1v) is 13.1. The van der Waals surface area contributed by atoms with Crippen molar-refractivity contribution in [2.24, 2.45) is 0 Å². The van der Waals surface area contributed by atoms with Crippen molar-refractivity contribution in [2.45, 2.75) is 91.1 Å². The van der Waals surface area contributed by atoms with Crippen LogP contribution in [0.4, 0.5) is 21.2 Å². The maximum absolute atomic E-state index is 13.5. The highest BCUT2D eigenvalue weighted by Crippen LogP contribution is 2.29. The molecule has 1 amide bonds. The van der Waals surface area contributed by atoms with Gasteiger partial charge in [0.15, 0.2) is 5.65 Å². The molecule has 1 N–H and O–H groups in total. The number of nitrogens with one attached hydrogen (secondary N) is 1. The molecule has 12 heteroatoms. The number of rotatable bonds is 6. The molecule has 1 aliphatic heterocycles. The zero-order chi connectivity index (χ0) is 27.6. The highest BCUT2D eigenvalue weighted by molar-refractivity contribution is 9.10. The van der Waals surface area contributed by atoms with Gasteiger partial charge in [-0.3, -0.25) is 4.90 Å². The molecular formula is C25H38BrN5O6. The van der Waals surface area contributed by atoms with Crippen LogP contribution in [0.2, 0.25) is 0 Å². The number of halogens is 1. The van der Waals surface area contributed by atoms with Crippen LogP contribution in [0.3, 0.4) is 0 Å². The molecule has 0 radical (unpaired) electrons. The van der Waals surface area contributed by atoms with E-state index in [-0.39, 0.29) is 12.6 Å². The molecule has 206 valence electrons. The molecule has 1 aliphatic rings. The lowest BCUT2D eigenvalue weighted by atomic mass is 10.1. The lowest BCUT2D eigenvalue weighted by Gasteiger charge is -2.34. The Hall–Kier alpha value is -2.60. The number of aromatic nitrogens is 3. The van der Waals surface area contributed by atoms with Crippen LogP contribution in [0.25, 0.3) is 5.65 Å². The minimum atomic E-state index is -1.13. The summed E-state index contributed by atoms with van der Waals surface area (Å²) < 4.78 is 24.4. The minimum absolute atomic E-state index is 0.0333. The second kappa shape index (κ2) is 11.0. The van der Waals surface area contributed by atoms with Crippen molar-refractivity contribution in [3.05, 3.63) is 16.7 Å². The summed E-state index contributed by atoms with van der Waals surface area (Å²) in [5.41, 5.74) is -2.09. The third-order valence-electron chi connectivity index (χ3n) is 5.16. The molecule has 0 unspecified atom stereocenters. The predicted molar refractivity (Wildman–Crippen MR) is 143 cm³/mol. The summed E-state index contributed by atoms with van der Waals surface area (Å²) in [5, 5.41) is 7.88. The highest BCUT2D eigenvalue weighted by atomic mass is 79.9. The fourth-order valence-corrected chi connectivity index (χ4v) is 4.05. The number of anilines is 2. The summed E-state index contributed by atoms with van der Waals surface area (Å²) >= 11 is 3.50. The summed E-state index contributed by atoms with van der Waals surface area (Å²) in [5.74, 6) is 0.982. The van der Waals surface area contributed by atoms with Crippen molar-refractivity contribution >= 4 is 45.5 Å². The third kappa shape index (κ3) is 8.46. The van der Waals surface area contributed by atoms with Crippen LogP contribution < -0.4 is 10.2 Å². The van der Waals surface area contributed by atoms with E-state index >= 15 is 0 Å². The van der Waals surface area contributed by atoms with Crippen molar-refractivity contribution in [3.63, 3.8) is 0 Å². The van der Waals surface area contributed by atoms with Crippen LogP contribution in [-0.2, 0) is 18.9 Å². The van der Waals surface area contributed by atoms with Crippen molar-refractivity contribution in [1.29, 1.82) is 0 Å². The maximum atomic E-state index is 13.5. The smallest absolute Gasteiger partial charge is 0.443 e. The Morgan fingerprint density at radius 1 is 1.08 bits per heavy atom.